The van der Waals surface area contributed by atoms with Gasteiger partial charge in [-0.25, -0.2) is 15.0 Å². The molecule has 1 aliphatic rings. The first-order chi connectivity index (χ1) is 15.6. The van der Waals surface area contributed by atoms with Crippen LogP contribution in [0.5, 0.6) is 0 Å². The van der Waals surface area contributed by atoms with Gasteiger partial charge in [0.1, 0.15) is 18.0 Å². The number of morpholine rings is 1. The molecule has 3 heterocycles. The molecule has 4 rings (SSSR count). The Morgan fingerprint density at radius 3 is 2.81 bits per heavy atom. The fourth-order valence-corrected chi connectivity index (χ4v) is 3.52. The SMILES string of the molecule is Cc1ccc(C(N)=O)cc1Nc1ncccc1-c1cc(NCCN2CCOCC2)ncn1. The van der Waals surface area contributed by atoms with Gasteiger partial charge in [0.15, 0.2) is 0 Å². The van der Waals surface area contributed by atoms with Crippen molar-refractivity contribution in [2.24, 2.45) is 5.73 Å². The Labute approximate surface area is 187 Å². The molecular formula is C23H27N7O2. The highest BCUT2D eigenvalue weighted by Crippen LogP contribution is 2.29. The van der Waals surface area contributed by atoms with Crippen LogP contribution in [0.1, 0.15) is 15.9 Å². The minimum Gasteiger partial charge on any atom is -0.379 e. The van der Waals surface area contributed by atoms with Crippen LogP contribution in [0.2, 0.25) is 0 Å². The van der Waals surface area contributed by atoms with Gasteiger partial charge in [-0.2, -0.15) is 0 Å². The molecule has 166 valence electrons. The maximum atomic E-state index is 11.6. The second kappa shape index (κ2) is 10.2. The normalized spacial score (nSPS) is 14.2. The van der Waals surface area contributed by atoms with Crippen LogP contribution in [-0.2, 0) is 4.74 Å². The fourth-order valence-electron chi connectivity index (χ4n) is 3.52. The van der Waals surface area contributed by atoms with Crippen LogP contribution in [-0.4, -0.2) is 65.2 Å². The molecule has 9 heteroatoms. The van der Waals surface area contributed by atoms with E-state index in [1.54, 1.807) is 24.7 Å². The molecule has 1 saturated heterocycles. The van der Waals surface area contributed by atoms with Crippen molar-refractivity contribution in [2.45, 2.75) is 6.92 Å². The zero-order valence-electron chi connectivity index (χ0n) is 18.0. The van der Waals surface area contributed by atoms with E-state index in [-0.39, 0.29) is 0 Å². The average Bonchev–Trinajstić information content (AvgIpc) is 2.81. The van der Waals surface area contributed by atoms with E-state index in [4.69, 9.17) is 10.5 Å². The molecule has 4 N–H and O–H groups in total. The van der Waals surface area contributed by atoms with E-state index >= 15 is 0 Å². The number of aryl methyl sites for hydroxylation is 1. The number of carbonyl (C=O) groups excluding carboxylic acids is 1. The third-order valence-electron chi connectivity index (χ3n) is 5.36. The molecule has 0 spiro atoms. The molecule has 1 aliphatic heterocycles. The molecule has 0 aliphatic carbocycles. The van der Waals surface area contributed by atoms with Crippen LogP contribution in [0, 0.1) is 6.92 Å². The molecule has 0 radical (unpaired) electrons. The number of ether oxygens (including phenoxy) is 1. The first-order valence-corrected chi connectivity index (χ1v) is 10.6. The van der Waals surface area contributed by atoms with Gasteiger partial charge in [0.25, 0.3) is 0 Å². The molecule has 3 aromatic rings. The van der Waals surface area contributed by atoms with E-state index in [0.29, 0.717) is 11.4 Å². The Hall–Kier alpha value is -3.56. The molecule has 0 bridgehead atoms. The maximum absolute atomic E-state index is 11.6. The Bertz CT molecular complexity index is 1080. The van der Waals surface area contributed by atoms with Gasteiger partial charge in [-0.1, -0.05) is 6.07 Å². The van der Waals surface area contributed by atoms with E-state index in [1.807, 2.05) is 31.2 Å². The second-order valence-electron chi connectivity index (χ2n) is 7.59. The summed E-state index contributed by atoms with van der Waals surface area (Å²) >= 11 is 0. The summed E-state index contributed by atoms with van der Waals surface area (Å²) < 4.78 is 5.39. The van der Waals surface area contributed by atoms with Crippen molar-refractivity contribution in [3.63, 3.8) is 0 Å². The lowest BCUT2D eigenvalue weighted by Crippen LogP contribution is -2.39. The summed E-state index contributed by atoms with van der Waals surface area (Å²) in [5.74, 6) is 0.915. The van der Waals surface area contributed by atoms with Crippen LogP contribution in [0.4, 0.5) is 17.3 Å². The quantitative estimate of drug-likeness (QED) is 0.496. The standard InChI is InChI=1S/C23H27N7O2/c1-16-4-5-17(22(24)31)13-19(16)29-23-18(3-2-6-26-23)20-14-21(28-15-27-20)25-7-8-30-9-11-32-12-10-30/h2-6,13-15H,7-12H2,1H3,(H2,24,31)(H,26,29)(H,25,27,28). The first-order valence-electron chi connectivity index (χ1n) is 10.6. The van der Waals surface area contributed by atoms with E-state index in [2.05, 4.69) is 30.5 Å². The molecule has 0 atom stereocenters. The predicted molar refractivity (Wildman–Crippen MR) is 124 cm³/mol. The highest BCUT2D eigenvalue weighted by molar-refractivity contribution is 5.94. The Morgan fingerprint density at radius 2 is 2.00 bits per heavy atom. The third kappa shape index (κ3) is 5.37. The summed E-state index contributed by atoms with van der Waals surface area (Å²) in [6, 6.07) is 11.0. The van der Waals surface area contributed by atoms with Crippen molar-refractivity contribution >= 4 is 23.2 Å². The molecule has 32 heavy (non-hydrogen) atoms. The summed E-state index contributed by atoms with van der Waals surface area (Å²) in [5.41, 5.74) is 9.18. The Balaban J connectivity index is 1.50. The van der Waals surface area contributed by atoms with Crippen molar-refractivity contribution in [1.82, 2.24) is 19.9 Å². The molecule has 2 aromatic heterocycles. The van der Waals surface area contributed by atoms with Crippen LogP contribution < -0.4 is 16.4 Å². The van der Waals surface area contributed by atoms with Gasteiger partial charge in [0.2, 0.25) is 5.91 Å². The highest BCUT2D eigenvalue weighted by Gasteiger charge is 2.13. The average molecular weight is 434 g/mol. The minimum absolute atomic E-state index is 0.435. The summed E-state index contributed by atoms with van der Waals surface area (Å²) in [5, 5.41) is 6.70. The Kier molecular flexibility index (Phi) is 6.88. The maximum Gasteiger partial charge on any atom is 0.248 e. The van der Waals surface area contributed by atoms with Gasteiger partial charge in [-0.15, -0.1) is 0 Å². The molecule has 1 aromatic carbocycles. The molecule has 0 unspecified atom stereocenters. The number of aromatic nitrogens is 3. The van der Waals surface area contributed by atoms with Gasteiger partial charge in [-0.05, 0) is 36.8 Å². The molecule has 9 nitrogen and oxygen atoms in total. The number of rotatable bonds is 8. The van der Waals surface area contributed by atoms with E-state index in [0.717, 1.165) is 67.7 Å². The van der Waals surface area contributed by atoms with Gasteiger partial charge in [0.05, 0.1) is 18.9 Å². The second-order valence-corrected chi connectivity index (χ2v) is 7.59. The number of anilines is 3. The number of pyridine rings is 1. The number of benzene rings is 1. The van der Waals surface area contributed by atoms with Crippen molar-refractivity contribution in [3.8, 4) is 11.3 Å². The van der Waals surface area contributed by atoms with E-state index in [9.17, 15) is 4.79 Å². The number of nitrogens with one attached hydrogen (secondary N) is 2. The first kappa shape index (κ1) is 21.7. The van der Waals surface area contributed by atoms with Crippen LogP contribution >= 0.6 is 0 Å². The smallest absolute Gasteiger partial charge is 0.248 e. The van der Waals surface area contributed by atoms with E-state index < -0.39 is 5.91 Å². The van der Waals surface area contributed by atoms with Crippen LogP contribution in [0.3, 0.4) is 0 Å². The Morgan fingerprint density at radius 1 is 1.16 bits per heavy atom. The van der Waals surface area contributed by atoms with Crippen LogP contribution in [0.15, 0.2) is 48.9 Å². The van der Waals surface area contributed by atoms with Gasteiger partial charge in [0, 0.05) is 55.3 Å². The summed E-state index contributed by atoms with van der Waals surface area (Å²) in [6.07, 6.45) is 3.25. The third-order valence-corrected chi connectivity index (χ3v) is 5.36. The number of nitrogens with two attached hydrogens (primary N) is 1. The van der Waals surface area contributed by atoms with Gasteiger partial charge >= 0.3 is 0 Å². The zero-order valence-corrected chi connectivity index (χ0v) is 18.0. The fraction of sp³-hybridized carbons (Fsp3) is 0.304. The molecule has 0 saturated carbocycles. The highest BCUT2D eigenvalue weighted by atomic mass is 16.5. The lowest BCUT2D eigenvalue weighted by Gasteiger charge is -2.26. The summed E-state index contributed by atoms with van der Waals surface area (Å²) in [6.45, 7) is 7.16. The van der Waals surface area contributed by atoms with Crippen LogP contribution in [0.25, 0.3) is 11.3 Å². The predicted octanol–water partition coefficient (Wildman–Crippen LogP) is 2.43. The molecule has 1 amide bonds. The van der Waals surface area contributed by atoms with Gasteiger partial charge < -0.3 is 21.1 Å². The molecule has 1 fully saturated rings. The summed E-state index contributed by atoms with van der Waals surface area (Å²) in [4.78, 5) is 27.2. The van der Waals surface area contributed by atoms with Crippen molar-refractivity contribution in [3.05, 3.63) is 60.0 Å². The van der Waals surface area contributed by atoms with Crippen molar-refractivity contribution < 1.29 is 9.53 Å². The zero-order chi connectivity index (χ0) is 22.3. The van der Waals surface area contributed by atoms with Crippen molar-refractivity contribution in [2.75, 3.05) is 50.0 Å². The van der Waals surface area contributed by atoms with E-state index in [1.165, 1.54) is 0 Å². The lowest BCUT2D eigenvalue weighted by atomic mass is 10.1. The minimum atomic E-state index is -0.474. The topological polar surface area (TPSA) is 118 Å². The van der Waals surface area contributed by atoms with Crippen molar-refractivity contribution in [1.29, 1.82) is 0 Å². The largest absolute Gasteiger partial charge is 0.379 e. The number of amides is 1. The number of primary amides is 1. The molecular weight excluding hydrogens is 406 g/mol. The lowest BCUT2D eigenvalue weighted by molar-refractivity contribution is 0.0398. The summed E-state index contributed by atoms with van der Waals surface area (Å²) in [7, 11) is 0. The number of hydrogen-bond acceptors (Lipinski definition) is 8. The number of carbonyl (C=O) groups is 1. The number of hydrogen-bond donors (Lipinski definition) is 3. The number of nitrogens with zero attached hydrogens (tertiary/aromatic N) is 4. The monoisotopic (exact) mass is 433 g/mol. The van der Waals surface area contributed by atoms with Gasteiger partial charge in [-0.3, -0.25) is 9.69 Å².